The molecule has 2 aliphatic rings. The van der Waals surface area contributed by atoms with Gasteiger partial charge in [-0.05, 0) is 12.7 Å². The van der Waals surface area contributed by atoms with Crippen molar-refractivity contribution >= 4 is 23.3 Å². The summed E-state index contributed by atoms with van der Waals surface area (Å²) in [7, 11) is -5.47. The van der Waals surface area contributed by atoms with Gasteiger partial charge in [-0.25, -0.2) is 0 Å². The van der Waals surface area contributed by atoms with Gasteiger partial charge in [0.15, 0.2) is 0 Å². The molecule has 0 aromatic rings. The van der Waals surface area contributed by atoms with E-state index in [9.17, 15) is 18.3 Å². The molecule has 0 saturated carbocycles. The Morgan fingerprint density at radius 2 is 2.08 bits per heavy atom. The molecular formula is C12H25BN4O7S. The SMILES string of the molecule is N[C@@H]1COC[C@H]1NS(=O)(=O)N1C[C@H](CCCB(O)O)[C@](N)(C(=O)O)C1. The standard InChI is InChI=1S/C12H25BN4O7S/c14-9-5-24-6-10(9)16-25(22,23)17-4-8(2-1-3-13(20)21)12(15,7-17)11(18)19/h8-10,16,20-21H,1-7,14-15H2,(H,18,19)/t8-,9+,10+,12-/m0/s1. The summed E-state index contributed by atoms with van der Waals surface area (Å²) in [5, 5.41) is 27.3. The second-order valence-electron chi connectivity index (χ2n) is 6.68. The first-order chi connectivity index (χ1) is 11.6. The van der Waals surface area contributed by atoms with Gasteiger partial charge in [-0.15, -0.1) is 0 Å². The van der Waals surface area contributed by atoms with E-state index in [4.69, 9.17) is 26.3 Å². The Morgan fingerprint density at radius 1 is 1.40 bits per heavy atom. The van der Waals surface area contributed by atoms with Crippen molar-refractivity contribution in [2.45, 2.75) is 36.8 Å². The van der Waals surface area contributed by atoms with Gasteiger partial charge in [0, 0.05) is 25.0 Å². The van der Waals surface area contributed by atoms with Crippen LogP contribution in [0, 0.1) is 5.92 Å². The largest absolute Gasteiger partial charge is 0.480 e. The van der Waals surface area contributed by atoms with Crippen molar-refractivity contribution < 1.29 is 33.1 Å². The lowest BCUT2D eigenvalue weighted by Crippen LogP contribution is -2.56. The summed E-state index contributed by atoms with van der Waals surface area (Å²) < 4.78 is 33.7. The molecule has 25 heavy (non-hydrogen) atoms. The highest BCUT2D eigenvalue weighted by atomic mass is 32.2. The third kappa shape index (κ3) is 4.68. The van der Waals surface area contributed by atoms with Crippen LogP contribution in [0.15, 0.2) is 0 Å². The van der Waals surface area contributed by atoms with E-state index in [1.165, 1.54) is 0 Å². The van der Waals surface area contributed by atoms with E-state index >= 15 is 0 Å². The molecule has 0 amide bonds. The Morgan fingerprint density at radius 3 is 2.60 bits per heavy atom. The molecule has 0 radical (unpaired) electrons. The Hall–Kier alpha value is -0.795. The molecular weight excluding hydrogens is 355 g/mol. The number of carboxylic acids is 1. The molecule has 4 atom stereocenters. The first-order valence-corrected chi connectivity index (χ1v) is 9.49. The molecule has 2 aliphatic heterocycles. The highest BCUT2D eigenvalue weighted by Gasteiger charge is 2.52. The molecule has 11 nitrogen and oxygen atoms in total. The number of nitrogens with one attached hydrogen (secondary N) is 1. The molecule has 0 spiro atoms. The number of nitrogens with zero attached hydrogens (tertiary/aromatic N) is 1. The monoisotopic (exact) mass is 380 g/mol. The molecule has 2 fully saturated rings. The molecule has 0 aromatic carbocycles. The Bertz CT molecular complexity index is 592. The minimum atomic E-state index is -3.97. The van der Waals surface area contributed by atoms with Gasteiger partial charge < -0.3 is 31.4 Å². The van der Waals surface area contributed by atoms with E-state index in [2.05, 4.69) is 4.72 Å². The summed E-state index contributed by atoms with van der Waals surface area (Å²) in [6.45, 7) is -0.0384. The van der Waals surface area contributed by atoms with Crippen LogP contribution in [0.25, 0.3) is 0 Å². The molecule has 13 heteroatoms. The van der Waals surface area contributed by atoms with Crippen LogP contribution >= 0.6 is 0 Å². The molecule has 144 valence electrons. The van der Waals surface area contributed by atoms with Gasteiger partial charge in [0.1, 0.15) is 5.54 Å². The van der Waals surface area contributed by atoms with Crippen LogP contribution in [0.3, 0.4) is 0 Å². The number of nitrogens with two attached hydrogens (primary N) is 2. The number of aliphatic carboxylic acids is 1. The molecule has 2 rings (SSSR count). The summed E-state index contributed by atoms with van der Waals surface area (Å²) in [4.78, 5) is 11.6. The summed E-state index contributed by atoms with van der Waals surface area (Å²) in [6.07, 6.45) is 0.640. The van der Waals surface area contributed by atoms with Crippen LogP contribution in [-0.2, 0) is 19.7 Å². The van der Waals surface area contributed by atoms with Gasteiger partial charge in [-0.1, -0.05) is 6.42 Å². The number of hydrogen-bond donors (Lipinski definition) is 6. The van der Waals surface area contributed by atoms with Gasteiger partial charge in [-0.3, -0.25) is 4.79 Å². The number of carbonyl (C=O) groups is 1. The van der Waals surface area contributed by atoms with Crippen molar-refractivity contribution in [2.24, 2.45) is 17.4 Å². The van der Waals surface area contributed by atoms with Crippen molar-refractivity contribution in [3.63, 3.8) is 0 Å². The average molecular weight is 380 g/mol. The van der Waals surface area contributed by atoms with E-state index < -0.39 is 46.8 Å². The van der Waals surface area contributed by atoms with Gasteiger partial charge in [-0.2, -0.15) is 17.4 Å². The second kappa shape index (κ2) is 7.84. The van der Waals surface area contributed by atoms with Crippen LogP contribution in [0.2, 0.25) is 6.32 Å². The van der Waals surface area contributed by atoms with Crippen molar-refractivity contribution in [2.75, 3.05) is 26.3 Å². The summed E-state index contributed by atoms with van der Waals surface area (Å²) in [5.41, 5.74) is 10.0. The second-order valence-corrected chi connectivity index (χ2v) is 8.38. The van der Waals surface area contributed by atoms with E-state index in [0.29, 0.717) is 6.42 Å². The van der Waals surface area contributed by atoms with Gasteiger partial charge in [0.2, 0.25) is 0 Å². The van der Waals surface area contributed by atoms with Crippen LogP contribution in [0.4, 0.5) is 0 Å². The van der Waals surface area contributed by atoms with Crippen LogP contribution in [-0.4, -0.2) is 84.9 Å². The Balaban J connectivity index is 2.07. The zero-order chi connectivity index (χ0) is 18.8. The maximum Gasteiger partial charge on any atom is 0.451 e. The van der Waals surface area contributed by atoms with Crippen molar-refractivity contribution in [1.82, 2.24) is 9.03 Å². The van der Waals surface area contributed by atoms with E-state index in [1.54, 1.807) is 0 Å². The fourth-order valence-corrected chi connectivity index (χ4v) is 4.71. The van der Waals surface area contributed by atoms with Crippen molar-refractivity contribution in [1.29, 1.82) is 0 Å². The number of hydrogen-bond acceptors (Lipinski definition) is 8. The number of ether oxygens (including phenoxy) is 1. The molecule has 2 saturated heterocycles. The predicted molar refractivity (Wildman–Crippen MR) is 88.5 cm³/mol. The lowest BCUT2D eigenvalue weighted by atomic mass is 9.78. The van der Waals surface area contributed by atoms with Gasteiger partial charge in [0.05, 0.1) is 19.3 Å². The van der Waals surface area contributed by atoms with Crippen LogP contribution < -0.4 is 16.2 Å². The first-order valence-electron chi connectivity index (χ1n) is 8.05. The third-order valence-electron chi connectivity index (χ3n) is 4.77. The lowest BCUT2D eigenvalue weighted by Gasteiger charge is -2.25. The Labute approximate surface area is 146 Å². The topological polar surface area (TPSA) is 188 Å². The minimum Gasteiger partial charge on any atom is -0.480 e. The molecule has 2 heterocycles. The number of rotatable bonds is 8. The predicted octanol–water partition coefficient (Wildman–Crippen LogP) is -3.49. The lowest BCUT2D eigenvalue weighted by molar-refractivity contribution is -0.144. The maximum absolute atomic E-state index is 12.5. The summed E-state index contributed by atoms with van der Waals surface area (Å²) in [5.74, 6) is -1.94. The quantitative estimate of drug-likeness (QED) is 0.232. The fraction of sp³-hybridized carbons (Fsp3) is 0.917. The van der Waals surface area contributed by atoms with Crippen LogP contribution in [0.5, 0.6) is 0 Å². The zero-order valence-corrected chi connectivity index (χ0v) is 14.6. The minimum absolute atomic E-state index is 0.0610. The van der Waals surface area contributed by atoms with Crippen molar-refractivity contribution in [3.05, 3.63) is 0 Å². The molecule has 0 aromatic heterocycles. The Kier molecular flexibility index (Phi) is 6.43. The zero-order valence-electron chi connectivity index (χ0n) is 13.7. The molecule has 0 bridgehead atoms. The fourth-order valence-electron chi connectivity index (χ4n) is 3.17. The number of carboxylic acid groups (broad SMARTS) is 1. The summed E-state index contributed by atoms with van der Waals surface area (Å²) >= 11 is 0. The average Bonchev–Trinajstić information content (AvgIpc) is 3.04. The third-order valence-corrected chi connectivity index (χ3v) is 6.33. The van der Waals surface area contributed by atoms with E-state index in [-0.39, 0.29) is 39.0 Å². The smallest absolute Gasteiger partial charge is 0.451 e. The van der Waals surface area contributed by atoms with Crippen molar-refractivity contribution in [3.8, 4) is 0 Å². The van der Waals surface area contributed by atoms with Gasteiger partial charge in [0.25, 0.3) is 10.2 Å². The van der Waals surface area contributed by atoms with E-state index in [1.807, 2.05) is 0 Å². The van der Waals surface area contributed by atoms with Crippen LogP contribution in [0.1, 0.15) is 12.8 Å². The molecule has 0 unspecified atom stereocenters. The molecule has 0 aliphatic carbocycles. The van der Waals surface area contributed by atoms with Gasteiger partial charge >= 0.3 is 13.1 Å². The first kappa shape index (κ1) is 20.5. The molecule has 8 N–H and O–H groups in total. The highest BCUT2D eigenvalue weighted by molar-refractivity contribution is 7.87. The summed E-state index contributed by atoms with van der Waals surface area (Å²) in [6, 6.07) is -1.05. The van der Waals surface area contributed by atoms with E-state index in [0.717, 1.165) is 4.31 Å². The maximum atomic E-state index is 12.5. The normalized spacial score (nSPS) is 33.7. The highest BCUT2D eigenvalue weighted by Crippen LogP contribution is 2.32.